The van der Waals surface area contributed by atoms with E-state index in [9.17, 15) is 4.39 Å². The highest BCUT2D eigenvalue weighted by molar-refractivity contribution is 7.99. The standard InChI is InChI=1S/C14H15FN2S/c1-16-13(11-5-4-8-17-9-11)10-18-14-7-3-2-6-12(14)15/h2-9,13,16H,10H2,1H3. The Hall–Kier alpha value is -1.39. The predicted molar refractivity (Wildman–Crippen MR) is 73.2 cm³/mol. The summed E-state index contributed by atoms with van der Waals surface area (Å²) < 4.78 is 13.5. The first kappa shape index (κ1) is 13.1. The van der Waals surface area contributed by atoms with Gasteiger partial charge in [-0.1, -0.05) is 18.2 Å². The fourth-order valence-electron chi connectivity index (χ4n) is 1.66. The molecule has 0 fully saturated rings. The fourth-order valence-corrected chi connectivity index (χ4v) is 2.75. The van der Waals surface area contributed by atoms with Gasteiger partial charge in [0.25, 0.3) is 0 Å². The molecule has 1 heterocycles. The van der Waals surface area contributed by atoms with E-state index in [4.69, 9.17) is 0 Å². The first-order chi connectivity index (χ1) is 8.81. The summed E-state index contributed by atoms with van der Waals surface area (Å²) in [4.78, 5) is 4.78. The Bertz CT molecular complexity index is 490. The molecule has 2 aromatic rings. The second kappa shape index (κ2) is 6.52. The van der Waals surface area contributed by atoms with Gasteiger partial charge in [-0.25, -0.2) is 4.39 Å². The Labute approximate surface area is 111 Å². The monoisotopic (exact) mass is 262 g/mol. The van der Waals surface area contributed by atoms with Crippen LogP contribution < -0.4 is 5.32 Å². The summed E-state index contributed by atoms with van der Waals surface area (Å²) in [7, 11) is 1.90. The molecule has 0 aliphatic rings. The summed E-state index contributed by atoms with van der Waals surface area (Å²) in [6, 6.07) is 10.9. The molecule has 1 aromatic carbocycles. The van der Waals surface area contributed by atoms with E-state index < -0.39 is 0 Å². The summed E-state index contributed by atoms with van der Waals surface area (Å²) in [5.74, 6) is 0.604. The molecule has 94 valence electrons. The summed E-state index contributed by atoms with van der Waals surface area (Å²) >= 11 is 1.51. The van der Waals surface area contributed by atoms with Gasteiger partial charge in [0.1, 0.15) is 5.82 Å². The molecule has 1 aromatic heterocycles. The normalized spacial score (nSPS) is 12.3. The Morgan fingerprint density at radius 2 is 2.11 bits per heavy atom. The van der Waals surface area contributed by atoms with Gasteiger partial charge >= 0.3 is 0 Å². The number of benzene rings is 1. The molecule has 4 heteroatoms. The van der Waals surface area contributed by atoms with Crippen LogP contribution in [0.15, 0.2) is 53.7 Å². The Morgan fingerprint density at radius 1 is 1.28 bits per heavy atom. The summed E-state index contributed by atoms with van der Waals surface area (Å²) in [5, 5.41) is 3.22. The van der Waals surface area contributed by atoms with Gasteiger partial charge in [0.15, 0.2) is 0 Å². The largest absolute Gasteiger partial charge is 0.312 e. The van der Waals surface area contributed by atoms with Crippen molar-refractivity contribution in [2.24, 2.45) is 0 Å². The first-order valence-corrected chi connectivity index (χ1v) is 6.74. The molecular weight excluding hydrogens is 247 g/mol. The molecule has 2 nitrogen and oxygen atoms in total. The van der Waals surface area contributed by atoms with Crippen LogP contribution in [0, 0.1) is 5.82 Å². The van der Waals surface area contributed by atoms with Crippen molar-refractivity contribution in [1.82, 2.24) is 10.3 Å². The highest BCUT2D eigenvalue weighted by atomic mass is 32.2. The number of hydrogen-bond donors (Lipinski definition) is 1. The minimum atomic E-state index is -0.163. The maximum Gasteiger partial charge on any atom is 0.136 e. The van der Waals surface area contributed by atoms with Gasteiger partial charge in [0.05, 0.1) is 0 Å². The second-order valence-electron chi connectivity index (χ2n) is 3.87. The lowest BCUT2D eigenvalue weighted by atomic mass is 10.1. The molecule has 0 saturated carbocycles. The molecular formula is C14H15FN2S. The fraction of sp³-hybridized carbons (Fsp3) is 0.214. The average Bonchev–Trinajstić information content (AvgIpc) is 2.42. The SMILES string of the molecule is CNC(CSc1ccccc1F)c1cccnc1. The van der Waals surface area contributed by atoms with Crippen LogP contribution in [-0.2, 0) is 0 Å². The van der Waals surface area contributed by atoms with E-state index in [0.29, 0.717) is 4.90 Å². The van der Waals surface area contributed by atoms with E-state index in [0.717, 1.165) is 11.3 Å². The van der Waals surface area contributed by atoms with E-state index in [-0.39, 0.29) is 11.9 Å². The first-order valence-electron chi connectivity index (χ1n) is 5.76. The molecule has 18 heavy (non-hydrogen) atoms. The molecule has 0 spiro atoms. The number of hydrogen-bond acceptors (Lipinski definition) is 3. The zero-order valence-electron chi connectivity index (χ0n) is 10.1. The quantitative estimate of drug-likeness (QED) is 0.837. The van der Waals surface area contributed by atoms with E-state index >= 15 is 0 Å². The minimum Gasteiger partial charge on any atom is -0.312 e. The molecule has 1 unspecified atom stereocenters. The number of pyridine rings is 1. The summed E-state index contributed by atoms with van der Waals surface area (Å²) in [5.41, 5.74) is 1.11. The van der Waals surface area contributed by atoms with Crippen molar-refractivity contribution >= 4 is 11.8 Å². The lowest BCUT2D eigenvalue weighted by molar-refractivity contribution is 0.600. The second-order valence-corrected chi connectivity index (χ2v) is 4.93. The van der Waals surface area contributed by atoms with Crippen LogP contribution in [-0.4, -0.2) is 17.8 Å². The maximum absolute atomic E-state index is 13.5. The number of nitrogens with zero attached hydrogens (tertiary/aromatic N) is 1. The third-order valence-electron chi connectivity index (χ3n) is 2.68. The van der Waals surface area contributed by atoms with E-state index in [2.05, 4.69) is 10.3 Å². The van der Waals surface area contributed by atoms with Crippen molar-refractivity contribution in [3.63, 3.8) is 0 Å². The number of nitrogens with one attached hydrogen (secondary N) is 1. The van der Waals surface area contributed by atoms with Crippen molar-refractivity contribution in [3.05, 3.63) is 60.2 Å². The topological polar surface area (TPSA) is 24.9 Å². The molecule has 0 radical (unpaired) electrons. The van der Waals surface area contributed by atoms with Gasteiger partial charge in [0.2, 0.25) is 0 Å². The van der Waals surface area contributed by atoms with Crippen LogP contribution >= 0.6 is 11.8 Å². The van der Waals surface area contributed by atoms with E-state index in [1.54, 1.807) is 18.3 Å². The van der Waals surface area contributed by atoms with Crippen molar-refractivity contribution < 1.29 is 4.39 Å². The predicted octanol–water partition coefficient (Wildman–Crippen LogP) is 3.27. The average molecular weight is 262 g/mol. The van der Waals surface area contributed by atoms with Gasteiger partial charge in [-0.15, -0.1) is 11.8 Å². The third kappa shape index (κ3) is 3.31. The number of aromatic nitrogens is 1. The van der Waals surface area contributed by atoms with Crippen LogP contribution in [0.5, 0.6) is 0 Å². The highest BCUT2D eigenvalue weighted by Gasteiger charge is 2.11. The molecule has 0 aliphatic carbocycles. The van der Waals surface area contributed by atoms with Crippen LogP contribution in [0.3, 0.4) is 0 Å². The smallest absolute Gasteiger partial charge is 0.136 e. The van der Waals surface area contributed by atoms with Gasteiger partial charge < -0.3 is 5.32 Å². The van der Waals surface area contributed by atoms with Crippen LogP contribution in [0.25, 0.3) is 0 Å². The molecule has 0 aliphatic heterocycles. The zero-order valence-corrected chi connectivity index (χ0v) is 11.0. The van der Waals surface area contributed by atoms with E-state index in [1.807, 2.05) is 31.4 Å². The minimum absolute atomic E-state index is 0.163. The number of rotatable bonds is 5. The summed E-state index contributed by atoms with van der Waals surface area (Å²) in [6.45, 7) is 0. The number of halogens is 1. The summed E-state index contributed by atoms with van der Waals surface area (Å²) in [6.07, 6.45) is 3.59. The van der Waals surface area contributed by atoms with Crippen LogP contribution in [0.2, 0.25) is 0 Å². The van der Waals surface area contributed by atoms with E-state index in [1.165, 1.54) is 17.8 Å². The van der Waals surface area contributed by atoms with Gasteiger partial charge in [-0.2, -0.15) is 0 Å². The Kier molecular flexibility index (Phi) is 4.73. The van der Waals surface area contributed by atoms with Crippen LogP contribution in [0.4, 0.5) is 4.39 Å². The maximum atomic E-state index is 13.5. The van der Waals surface area contributed by atoms with Gasteiger partial charge in [-0.3, -0.25) is 4.98 Å². The molecule has 0 amide bonds. The van der Waals surface area contributed by atoms with Gasteiger partial charge in [0, 0.05) is 29.1 Å². The van der Waals surface area contributed by atoms with Crippen molar-refractivity contribution in [3.8, 4) is 0 Å². The molecule has 0 bridgehead atoms. The lowest BCUT2D eigenvalue weighted by Gasteiger charge is -2.15. The highest BCUT2D eigenvalue weighted by Crippen LogP contribution is 2.26. The molecule has 2 rings (SSSR count). The number of thioether (sulfide) groups is 1. The van der Waals surface area contributed by atoms with Crippen LogP contribution in [0.1, 0.15) is 11.6 Å². The molecule has 1 atom stereocenters. The lowest BCUT2D eigenvalue weighted by Crippen LogP contribution is -2.18. The van der Waals surface area contributed by atoms with Gasteiger partial charge in [-0.05, 0) is 30.8 Å². The van der Waals surface area contributed by atoms with Crippen molar-refractivity contribution in [2.75, 3.05) is 12.8 Å². The zero-order chi connectivity index (χ0) is 12.8. The molecule has 0 saturated heterocycles. The van der Waals surface area contributed by atoms with Crippen molar-refractivity contribution in [1.29, 1.82) is 0 Å². The Morgan fingerprint density at radius 3 is 2.78 bits per heavy atom. The Balaban J connectivity index is 2.02. The third-order valence-corrected chi connectivity index (χ3v) is 3.82. The molecule has 1 N–H and O–H groups in total. The van der Waals surface area contributed by atoms with Crippen molar-refractivity contribution in [2.45, 2.75) is 10.9 Å².